The van der Waals surface area contributed by atoms with Crippen LogP contribution in [0.3, 0.4) is 0 Å². The number of hydrogen-bond acceptors (Lipinski definition) is 5. The summed E-state index contributed by atoms with van der Waals surface area (Å²) in [5.41, 5.74) is 10.6. The van der Waals surface area contributed by atoms with Gasteiger partial charge in [-0.2, -0.15) is 9.50 Å². The fraction of sp³-hybridized carbons (Fsp3) is 0. The van der Waals surface area contributed by atoms with Crippen molar-refractivity contribution in [1.29, 1.82) is 0 Å². The molecule has 0 aliphatic carbocycles. The average Bonchev–Trinajstić information content (AvgIpc) is 2.35. The van der Waals surface area contributed by atoms with E-state index in [1.165, 1.54) is 10.8 Å². The monoisotopic (exact) mass is 139 g/mol. The van der Waals surface area contributed by atoms with Gasteiger partial charge in [0.15, 0.2) is 5.82 Å². The fourth-order valence-electron chi connectivity index (χ4n) is 0.720. The number of nitrogens with zero attached hydrogens (tertiary/aromatic N) is 3. The predicted octanol–water partition coefficient (Wildman–Crippen LogP) is -0.513. The van der Waals surface area contributed by atoms with Gasteiger partial charge in [-0.05, 0) is 0 Å². The minimum atomic E-state index is 0.158. The minimum absolute atomic E-state index is 0.158. The average molecular weight is 139 g/mol. The summed E-state index contributed by atoms with van der Waals surface area (Å²) in [6.07, 6.45) is 1.36. The van der Waals surface area contributed by atoms with E-state index in [-0.39, 0.29) is 5.95 Å². The van der Waals surface area contributed by atoms with Crippen LogP contribution >= 0.6 is 0 Å². The first-order valence-electron chi connectivity index (χ1n) is 2.62. The maximum Gasteiger partial charge on any atom is 0.328 e. The summed E-state index contributed by atoms with van der Waals surface area (Å²) < 4.78 is 6.18. The Kier molecular flexibility index (Phi) is 0.717. The first kappa shape index (κ1) is 5.10. The molecule has 2 heterocycles. The van der Waals surface area contributed by atoms with Gasteiger partial charge < -0.3 is 15.9 Å². The van der Waals surface area contributed by atoms with E-state index in [9.17, 15) is 0 Å². The number of oxazole rings is 1. The lowest BCUT2D eigenvalue weighted by molar-refractivity contribution is 0.595. The van der Waals surface area contributed by atoms with Crippen molar-refractivity contribution < 1.29 is 4.42 Å². The summed E-state index contributed by atoms with van der Waals surface area (Å²) in [5, 5.41) is 3.74. The van der Waals surface area contributed by atoms with E-state index in [1.807, 2.05) is 0 Å². The Morgan fingerprint density at radius 3 is 3.00 bits per heavy atom. The van der Waals surface area contributed by atoms with Crippen molar-refractivity contribution in [3.8, 4) is 0 Å². The maximum atomic E-state index is 5.40. The molecule has 0 saturated heterocycles. The molecular formula is C4H5N5O. The Bertz CT molecular complexity index is 360. The summed E-state index contributed by atoms with van der Waals surface area (Å²) in [7, 11) is 0. The third-order valence-electron chi connectivity index (χ3n) is 1.12. The van der Waals surface area contributed by atoms with Crippen LogP contribution in [-0.2, 0) is 0 Å². The highest BCUT2D eigenvalue weighted by atomic mass is 16.4. The topological polar surface area (TPSA) is 95.4 Å². The molecule has 6 nitrogen and oxygen atoms in total. The van der Waals surface area contributed by atoms with Gasteiger partial charge in [0.2, 0.25) is 5.95 Å². The molecular weight excluding hydrogens is 134 g/mol. The third kappa shape index (κ3) is 0.471. The van der Waals surface area contributed by atoms with Gasteiger partial charge in [0.1, 0.15) is 6.26 Å². The number of nitrogen functional groups attached to an aromatic ring is 2. The lowest BCUT2D eigenvalue weighted by Crippen LogP contribution is -1.93. The first-order valence-corrected chi connectivity index (χ1v) is 2.62. The highest BCUT2D eigenvalue weighted by Crippen LogP contribution is 2.08. The quantitative estimate of drug-likeness (QED) is 0.512. The number of anilines is 2. The maximum absolute atomic E-state index is 5.40. The molecule has 4 N–H and O–H groups in total. The molecule has 0 atom stereocenters. The van der Waals surface area contributed by atoms with Crippen LogP contribution in [0.15, 0.2) is 10.7 Å². The Labute approximate surface area is 55.4 Å². The molecule has 0 aliphatic heterocycles. The Balaban J connectivity index is 2.90. The SMILES string of the molecule is Nc1nc2occ(N)n2n1. The van der Waals surface area contributed by atoms with Crippen molar-refractivity contribution in [3.05, 3.63) is 6.26 Å². The fourth-order valence-corrected chi connectivity index (χ4v) is 0.720. The van der Waals surface area contributed by atoms with Crippen LogP contribution in [0.5, 0.6) is 0 Å². The number of hydrogen-bond donors (Lipinski definition) is 2. The molecule has 52 valence electrons. The van der Waals surface area contributed by atoms with Crippen molar-refractivity contribution in [3.63, 3.8) is 0 Å². The van der Waals surface area contributed by atoms with Crippen LogP contribution < -0.4 is 11.5 Å². The zero-order chi connectivity index (χ0) is 7.14. The van der Waals surface area contributed by atoms with Gasteiger partial charge >= 0.3 is 5.84 Å². The molecule has 0 unspecified atom stereocenters. The molecule has 0 spiro atoms. The summed E-state index contributed by atoms with van der Waals surface area (Å²) in [5.74, 6) is 0.861. The lowest BCUT2D eigenvalue weighted by atomic mass is 10.8. The Hall–Kier alpha value is -1.72. The molecule has 0 fully saturated rings. The number of nitrogens with two attached hydrogens (primary N) is 2. The van der Waals surface area contributed by atoms with E-state index in [1.54, 1.807) is 0 Å². The highest BCUT2D eigenvalue weighted by molar-refractivity contribution is 5.39. The normalized spacial score (nSPS) is 10.8. The van der Waals surface area contributed by atoms with E-state index >= 15 is 0 Å². The van der Waals surface area contributed by atoms with Gasteiger partial charge in [-0.15, -0.1) is 5.10 Å². The van der Waals surface area contributed by atoms with E-state index < -0.39 is 0 Å². The van der Waals surface area contributed by atoms with Gasteiger partial charge in [0.25, 0.3) is 0 Å². The Morgan fingerprint density at radius 1 is 1.50 bits per heavy atom. The van der Waals surface area contributed by atoms with E-state index in [0.717, 1.165) is 0 Å². The van der Waals surface area contributed by atoms with Gasteiger partial charge in [-0.25, -0.2) is 0 Å². The van der Waals surface area contributed by atoms with Gasteiger partial charge in [0, 0.05) is 0 Å². The molecule has 0 aliphatic rings. The van der Waals surface area contributed by atoms with Gasteiger partial charge in [-0.3, -0.25) is 0 Å². The van der Waals surface area contributed by atoms with Crippen LogP contribution in [0.1, 0.15) is 0 Å². The van der Waals surface area contributed by atoms with Crippen LogP contribution in [0.2, 0.25) is 0 Å². The smallest absolute Gasteiger partial charge is 0.328 e. The van der Waals surface area contributed by atoms with E-state index in [0.29, 0.717) is 11.7 Å². The molecule has 0 amide bonds. The van der Waals surface area contributed by atoms with Gasteiger partial charge in [-0.1, -0.05) is 0 Å². The number of rotatable bonds is 0. The second-order valence-electron chi connectivity index (χ2n) is 1.82. The van der Waals surface area contributed by atoms with Crippen LogP contribution in [-0.4, -0.2) is 14.6 Å². The second kappa shape index (κ2) is 1.41. The molecule has 0 aromatic carbocycles. The molecule has 2 aromatic heterocycles. The molecule has 0 radical (unpaired) electrons. The predicted molar refractivity (Wildman–Crippen MR) is 34.1 cm³/mol. The van der Waals surface area contributed by atoms with E-state index in [4.69, 9.17) is 15.9 Å². The lowest BCUT2D eigenvalue weighted by Gasteiger charge is -1.79. The van der Waals surface area contributed by atoms with Crippen molar-refractivity contribution in [2.45, 2.75) is 0 Å². The largest absolute Gasteiger partial charge is 0.428 e. The number of fused-ring (bicyclic) bond motifs is 1. The van der Waals surface area contributed by atoms with Crippen molar-refractivity contribution in [1.82, 2.24) is 14.6 Å². The van der Waals surface area contributed by atoms with E-state index in [2.05, 4.69) is 10.1 Å². The van der Waals surface area contributed by atoms with Gasteiger partial charge in [0.05, 0.1) is 0 Å². The van der Waals surface area contributed by atoms with Crippen molar-refractivity contribution in [2.24, 2.45) is 0 Å². The van der Waals surface area contributed by atoms with Crippen LogP contribution in [0.4, 0.5) is 11.8 Å². The minimum Gasteiger partial charge on any atom is -0.428 e. The molecule has 10 heavy (non-hydrogen) atoms. The van der Waals surface area contributed by atoms with Crippen molar-refractivity contribution in [2.75, 3.05) is 11.5 Å². The van der Waals surface area contributed by atoms with Crippen LogP contribution in [0, 0.1) is 0 Å². The summed E-state index contributed by atoms with van der Waals surface area (Å²) in [4.78, 5) is 3.72. The van der Waals surface area contributed by atoms with Crippen molar-refractivity contribution >= 4 is 17.6 Å². The zero-order valence-electron chi connectivity index (χ0n) is 4.98. The first-order chi connectivity index (χ1) is 4.77. The molecule has 2 aromatic rings. The number of aromatic nitrogens is 3. The molecule has 0 saturated carbocycles. The summed E-state index contributed by atoms with van der Waals surface area (Å²) in [6, 6.07) is 0. The molecule has 2 rings (SSSR count). The highest BCUT2D eigenvalue weighted by Gasteiger charge is 2.05. The molecule has 6 heteroatoms. The standard InChI is InChI=1S/C4H5N5O/c5-2-1-10-4-7-3(6)8-9(2)4/h1H,5H2,(H2,6,8). The van der Waals surface area contributed by atoms with Crippen LogP contribution in [0.25, 0.3) is 5.84 Å². The summed E-state index contributed by atoms with van der Waals surface area (Å²) in [6.45, 7) is 0. The Morgan fingerprint density at radius 2 is 2.30 bits per heavy atom. The second-order valence-corrected chi connectivity index (χ2v) is 1.82. The zero-order valence-corrected chi connectivity index (χ0v) is 4.98. The summed E-state index contributed by atoms with van der Waals surface area (Å²) >= 11 is 0. The third-order valence-corrected chi connectivity index (χ3v) is 1.12. The molecule has 0 bridgehead atoms.